The van der Waals surface area contributed by atoms with Crippen LogP contribution in [0.1, 0.15) is 28.4 Å². The monoisotopic (exact) mass is 340 g/mol. The zero-order valence-electron chi connectivity index (χ0n) is 12.6. The number of carbonyl (C=O) groups excluding carboxylic acids is 1. The van der Waals surface area contributed by atoms with Crippen molar-refractivity contribution in [3.63, 3.8) is 0 Å². The molecule has 0 fully saturated rings. The van der Waals surface area contributed by atoms with Crippen LogP contribution < -0.4 is 0 Å². The Balaban J connectivity index is 2.38. The minimum absolute atomic E-state index is 0.0504. The van der Waals surface area contributed by atoms with E-state index in [2.05, 4.69) is 4.74 Å². The molecule has 0 aliphatic heterocycles. The Kier molecular flexibility index (Phi) is 5.36. The van der Waals surface area contributed by atoms with Crippen LogP contribution in [0.4, 0.5) is 13.2 Å². The number of aryl methyl sites for hydroxylation is 1. The van der Waals surface area contributed by atoms with E-state index in [1.807, 2.05) is 19.1 Å². The van der Waals surface area contributed by atoms with E-state index >= 15 is 0 Å². The van der Waals surface area contributed by atoms with E-state index in [9.17, 15) is 18.0 Å². The molecule has 122 valence electrons. The summed E-state index contributed by atoms with van der Waals surface area (Å²) in [6, 6.07) is 10.8. The van der Waals surface area contributed by atoms with Crippen LogP contribution in [0.15, 0.2) is 52.3 Å². The van der Waals surface area contributed by atoms with Crippen LogP contribution in [0.25, 0.3) is 0 Å². The van der Waals surface area contributed by atoms with E-state index in [4.69, 9.17) is 0 Å². The maximum Gasteiger partial charge on any atom is 0.417 e. The fourth-order valence-electron chi connectivity index (χ4n) is 2.01. The van der Waals surface area contributed by atoms with Crippen molar-refractivity contribution < 1.29 is 22.7 Å². The van der Waals surface area contributed by atoms with Crippen molar-refractivity contribution in [3.8, 4) is 0 Å². The van der Waals surface area contributed by atoms with Crippen LogP contribution in [0.2, 0.25) is 0 Å². The molecule has 0 N–H and O–H groups in total. The lowest BCUT2D eigenvalue weighted by atomic mass is 10.1. The number of hydrogen-bond acceptors (Lipinski definition) is 3. The van der Waals surface area contributed by atoms with Crippen molar-refractivity contribution in [3.05, 3.63) is 59.2 Å². The van der Waals surface area contributed by atoms with Crippen LogP contribution in [0.3, 0.4) is 0 Å². The van der Waals surface area contributed by atoms with Gasteiger partial charge in [-0.1, -0.05) is 30.8 Å². The highest BCUT2D eigenvalue weighted by Crippen LogP contribution is 2.40. The van der Waals surface area contributed by atoms with Crippen molar-refractivity contribution in [2.45, 2.75) is 29.3 Å². The SMILES string of the molecule is CCc1ccc(Sc2ccc(C(=O)OC)cc2C(F)(F)F)cc1. The number of halogens is 3. The van der Waals surface area contributed by atoms with Gasteiger partial charge in [0, 0.05) is 9.79 Å². The quantitative estimate of drug-likeness (QED) is 0.715. The summed E-state index contributed by atoms with van der Waals surface area (Å²) in [6.45, 7) is 2.01. The van der Waals surface area contributed by atoms with Crippen LogP contribution in [0, 0.1) is 0 Å². The van der Waals surface area contributed by atoms with E-state index in [0.29, 0.717) is 4.90 Å². The lowest BCUT2D eigenvalue weighted by molar-refractivity contribution is -0.139. The molecule has 0 saturated heterocycles. The third-order valence-electron chi connectivity index (χ3n) is 3.27. The Labute approximate surface area is 136 Å². The Morgan fingerprint density at radius 1 is 1.13 bits per heavy atom. The molecule has 0 aliphatic carbocycles. The second-order valence-electron chi connectivity index (χ2n) is 4.80. The van der Waals surface area contributed by atoms with Gasteiger partial charge in [0.2, 0.25) is 0 Å². The van der Waals surface area contributed by atoms with E-state index in [1.54, 1.807) is 12.1 Å². The molecule has 0 atom stereocenters. The summed E-state index contributed by atoms with van der Waals surface area (Å²) in [5.74, 6) is -0.792. The number of carbonyl (C=O) groups is 1. The average molecular weight is 340 g/mol. The van der Waals surface area contributed by atoms with Crippen molar-refractivity contribution in [1.29, 1.82) is 0 Å². The highest BCUT2D eigenvalue weighted by atomic mass is 32.2. The largest absolute Gasteiger partial charge is 0.465 e. The number of rotatable bonds is 4. The first-order valence-corrected chi connectivity index (χ1v) is 7.73. The van der Waals surface area contributed by atoms with Crippen molar-refractivity contribution >= 4 is 17.7 Å². The molecule has 0 heterocycles. The molecule has 6 heteroatoms. The Bertz CT molecular complexity index is 694. The summed E-state index contributed by atoms with van der Waals surface area (Å²) in [7, 11) is 1.13. The zero-order valence-corrected chi connectivity index (χ0v) is 13.4. The number of ether oxygens (including phenoxy) is 1. The van der Waals surface area contributed by atoms with Gasteiger partial charge in [-0.3, -0.25) is 0 Å². The molecule has 2 rings (SSSR count). The van der Waals surface area contributed by atoms with Gasteiger partial charge in [-0.2, -0.15) is 13.2 Å². The molecule has 2 aromatic rings. The third-order valence-corrected chi connectivity index (χ3v) is 4.35. The minimum atomic E-state index is -4.55. The smallest absolute Gasteiger partial charge is 0.417 e. The summed E-state index contributed by atoms with van der Waals surface area (Å²) < 4.78 is 44.2. The van der Waals surface area contributed by atoms with Gasteiger partial charge < -0.3 is 4.74 Å². The van der Waals surface area contributed by atoms with Crippen molar-refractivity contribution in [1.82, 2.24) is 0 Å². The summed E-state index contributed by atoms with van der Waals surface area (Å²) in [4.78, 5) is 12.2. The topological polar surface area (TPSA) is 26.3 Å². The standard InChI is InChI=1S/C17H15F3O2S/c1-3-11-4-7-13(8-5-11)23-15-9-6-12(16(21)22-2)10-14(15)17(18,19)20/h4-10H,3H2,1-2H3. The maximum absolute atomic E-state index is 13.3. The summed E-state index contributed by atoms with van der Waals surface area (Å²) in [5, 5.41) is 0. The number of hydrogen-bond donors (Lipinski definition) is 0. The van der Waals surface area contributed by atoms with Crippen LogP contribution in [-0.2, 0) is 17.3 Å². The number of methoxy groups -OCH3 is 1. The van der Waals surface area contributed by atoms with Gasteiger partial charge in [-0.05, 0) is 42.3 Å². The van der Waals surface area contributed by atoms with E-state index < -0.39 is 17.7 Å². The molecule has 0 amide bonds. The third kappa shape index (κ3) is 4.28. The Morgan fingerprint density at radius 3 is 2.30 bits per heavy atom. The normalized spacial score (nSPS) is 11.3. The highest BCUT2D eigenvalue weighted by Gasteiger charge is 2.34. The van der Waals surface area contributed by atoms with Crippen LogP contribution in [-0.4, -0.2) is 13.1 Å². The number of benzene rings is 2. The first kappa shape index (κ1) is 17.4. The van der Waals surface area contributed by atoms with Crippen molar-refractivity contribution in [2.24, 2.45) is 0 Å². The van der Waals surface area contributed by atoms with E-state index in [0.717, 1.165) is 36.9 Å². The van der Waals surface area contributed by atoms with Gasteiger partial charge >= 0.3 is 12.1 Å². The highest BCUT2D eigenvalue weighted by molar-refractivity contribution is 7.99. The fraction of sp³-hybridized carbons (Fsp3) is 0.235. The molecular weight excluding hydrogens is 325 g/mol. The second kappa shape index (κ2) is 7.08. The maximum atomic E-state index is 13.3. The van der Waals surface area contributed by atoms with Gasteiger partial charge in [0.1, 0.15) is 0 Å². The average Bonchev–Trinajstić information content (AvgIpc) is 2.54. The van der Waals surface area contributed by atoms with Gasteiger partial charge in [-0.15, -0.1) is 0 Å². The number of alkyl halides is 3. The minimum Gasteiger partial charge on any atom is -0.465 e. The van der Waals surface area contributed by atoms with E-state index in [-0.39, 0.29) is 10.5 Å². The van der Waals surface area contributed by atoms with Gasteiger partial charge in [0.05, 0.1) is 18.2 Å². The first-order valence-electron chi connectivity index (χ1n) is 6.91. The van der Waals surface area contributed by atoms with Gasteiger partial charge in [0.25, 0.3) is 0 Å². The second-order valence-corrected chi connectivity index (χ2v) is 5.92. The van der Waals surface area contributed by atoms with Gasteiger partial charge in [0.15, 0.2) is 0 Å². The lowest BCUT2D eigenvalue weighted by Crippen LogP contribution is -2.10. The summed E-state index contributed by atoms with van der Waals surface area (Å²) >= 11 is 1.02. The lowest BCUT2D eigenvalue weighted by Gasteiger charge is -2.14. The molecule has 23 heavy (non-hydrogen) atoms. The molecule has 0 aliphatic rings. The van der Waals surface area contributed by atoms with Crippen LogP contribution in [0.5, 0.6) is 0 Å². The molecule has 2 aromatic carbocycles. The van der Waals surface area contributed by atoms with Gasteiger partial charge in [-0.25, -0.2) is 4.79 Å². The Morgan fingerprint density at radius 2 is 1.78 bits per heavy atom. The predicted octanol–water partition coefficient (Wildman–Crippen LogP) is 5.21. The summed E-state index contributed by atoms with van der Waals surface area (Å²) in [5.41, 5.74) is 0.155. The first-order chi connectivity index (χ1) is 10.8. The van der Waals surface area contributed by atoms with E-state index in [1.165, 1.54) is 12.1 Å². The zero-order chi connectivity index (χ0) is 17.0. The summed E-state index contributed by atoms with van der Waals surface area (Å²) in [6.07, 6.45) is -3.68. The molecule has 0 spiro atoms. The molecule has 0 saturated carbocycles. The predicted molar refractivity (Wildman–Crippen MR) is 82.7 cm³/mol. The van der Waals surface area contributed by atoms with Crippen LogP contribution >= 0.6 is 11.8 Å². The fourth-order valence-corrected chi connectivity index (χ4v) is 2.95. The molecule has 0 aromatic heterocycles. The molecule has 0 unspecified atom stereocenters. The molecule has 0 radical (unpaired) electrons. The van der Waals surface area contributed by atoms with Crippen molar-refractivity contribution in [2.75, 3.05) is 7.11 Å². The Hall–Kier alpha value is -1.95. The molecule has 0 bridgehead atoms. The number of esters is 1. The molecule has 2 nitrogen and oxygen atoms in total. The molecular formula is C17H15F3O2S.